The molecule has 15 heavy (non-hydrogen) atoms. The lowest BCUT2D eigenvalue weighted by Gasteiger charge is -2.23. The standard InChI is InChI=1S/C11H22N2O2/c1-3-5-6-10(12)11(15)13(7-4-2)8-9-14/h4,10,14H,2-3,5-9,12H2,1H3/t10-/m0/s1. The van der Waals surface area contributed by atoms with Crippen LogP contribution in [0.25, 0.3) is 0 Å². The quantitative estimate of drug-likeness (QED) is 0.579. The molecule has 1 atom stereocenters. The maximum absolute atomic E-state index is 11.8. The van der Waals surface area contributed by atoms with E-state index >= 15 is 0 Å². The Bertz CT molecular complexity index is 195. The molecule has 0 spiro atoms. The summed E-state index contributed by atoms with van der Waals surface area (Å²) in [4.78, 5) is 13.3. The van der Waals surface area contributed by atoms with Gasteiger partial charge in [-0.1, -0.05) is 25.8 Å². The molecule has 0 aliphatic carbocycles. The van der Waals surface area contributed by atoms with Crippen molar-refractivity contribution in [1.29, 1.82) is 0 Å². The van der Waals surface area contributed by atoms with Crippen LogP contribution in [0.5, 0.6) is 0 Å². The molecule has 0 bridgehead atoms. The van der Waals surface area contributed by atoms with Crippen LogP contribution in [0.4, 0.5) is 0 Å². The summed E-state index contributed by atoms with van der Waals surface area (Å²) in [5.74, 6) is -0.0996. The summed E-state index contributed by atoms with van der Waals surface area (Å²) in [6, 6.07) is -0.448. The first-order valence-corrected chi connectivity index (χ1v) is 5.43. The van der Waals surface area contributed by atoms with E-state index < -0.39 is 6.04 Å². The predicted molar refractivity (Wildman–Crippen MR) is 61.4 cm³/mol. The molecule has 0 saturated carbocycles. The summed E-state index contributed by atoms with van der Waals surface area (Å²) in [6.07, 6.45) is 4.32. The van der Waals surface area contributed by atoms with Gasteiger partial charge in [-0.05, 0) is 6.42 Å². The number of aliphatic hydroxyl groups is 1. The van der Waals surface area contributed by atoms with Gasteiger partial charge in [-0.25, -0.2) is 0 Å². The number of nitrogens with zero attached hydrogens (tertiary/aromatic N) is 1. The topological polar surface area (TPSA) is 66.6 Å². The van der Waals surface area contributed by atoms with Crippen molar-refractivity contribution in [3.63, 3.8) is 0 Å². The van der Waals surface area contributed by atoms with Gasteiger partial charge in [0.25, 0.3) is 0 Å². The van der Waals surface area contributed by atoms with Crippen molar-refractivity contribution in [3.8, 4) is 0 Å². The van der Waals surface area contributed by atoms with E-state index in [9.17, 15) is 4.79 Å². The van der Waals surface area contributed by atoms with Crippen molar-refractivity contribution in [3.05, 3.63) is 12.7 Å². The maximum Gasteiger partial charge on any atom is 0.239 e. The van der Waals surface area contributed by atoms with Gasteiger partial charge in [-0.3, -0.25) is 4.79 Å². The third-order valence-electron chi connectivity index (χ3n) is 2.22. The van der Waals surface area contributed by atoms with Crippen molar-refractivity contribution in [2.75, 3.05) is 19.7 Å². The minimum Gasteiger partial charge on any atom is -0.395 e. The monoisotopic (exact) mass is 214 g/mol. The number of aliphatic hydroxyl groups excluding tert-OH is 1. The molecule has 4 heteroatoms. The highest BCUT2D eigenvalue weighted by Crippen LogP contribution is 2.02. The van der Waals surface area contributed by atoms with E-state index in [0.29, 0.717) is 19.5 Å². The van der Waals surface area contributed by atoms with Crippen molar-refractivity contribution in [2.45, 2.75) is 32.2 Å². The fraction of sp³-hybridized carbons (Fsp3) is 0.727. The minimum absolute atomic E-state index is 0.0416. The summed E-state index contributed by atoms with van der Waals surface area (Å²) in [5, 5.41) is 8.80. The number of hydrogen-bond acceptors (Lipinski definition) is 3. The second-order valence-electron chi connectivity index (χ2n) is 3.55. The Morgan fingerprint density at radius 1 is 1.67 bits per heavy atom. The first kappa shape index (κ1) is 14.1. The average Bonchev–Trinajstić information content (AvgIpc) is 2.24. The Balaban J connectivity index is 4.14. The second kappa shape index (κ2) is 8.44. The van der Waals surface area contributed by atoms with Gasteiger partial charge in [0, 0.05) is 13.1 Å². The first-order valence-electron chi connectivity index (χ1n) is 5.43. The summed E-state index contributed by atoms with van der Waals surface area (Å²) in [7, 11) is 0. The Labute approximate surface area is 91.8 Å². The largest absolute Gasteiger partial charge is 0.395 e. The van der Waals surface area contributed by atoms with E-state index in [-0.39, 0.29) is 12.5 Å². The molecule has 0 aliphatic heterocycles. The van der Waals surface area contributed by atoms with Crippen LogP contribution in [0.3, 0.4) is 0 Å². The number of hydrogen-bond donors (Lipinski definition) is 2. The van der Waals surface area contributed by atoms with E-state index in [2.05, 4.69) is 13.5 Å². The molecule has 0 aliphatic rings. The van der Waals surface area contributed by atoms with Gasteiger partial charge in [0.1, 0.15) is 0 Å². The minimum atomic E-state index is -0.448. The van der Waals surface area contributed by atoms with Crippen molar-refractivity contribution >= 4 is 5.91 Å². The van der Waals surface area contributed by atoms with Gasteiger partial charge >= 0.3 is 0 Å². The molecule has 0 aromatic rings. The number of unbranched alkanes of at least 4 members (excludes halogenated alkanes) is 1. The van der Waals surface area contributed by atoms with Crippen LogP contribution in [-0.2, 0) is 4.79 Å². The van der Waals surface area contributed by atoms with Crippen LogP contribution >= 0.6 is 0 Å². The fourth-order valence-corrected chi connectivity index (χ4v) is 1.35. The molecule has 0 unspecified atom stereocenters. The molecule has 0 fully saturated rings. The lowest BCUT2D eigenvalue weighted by molar-refractivity contribution is -0.132. The molecule has 0 rings (SSSR count). The Hall–Kier alpha value is -0.870. The Morgan fingerprint density at radius 2 is 2.33 bits per heavy atom. The maximum atomic E-state index is 11.8. The molecule has 0 heterocycles. The number of carbonyl (C=O) groups excluding carboxylic acids is 1. The molecule has 0 saturated heterocycles. The number of nitrogens with two attached hydrogens (primary N) is 1. The SMILES string of the molecule is C=CCN(CCO)C(=O)[C@@H](N)CCCC. The summed E-state index contributed by atoms with van der Waals surface area (Å²) in [5.41, 5.74) is 5.76. The molecular formula is C11H22N2O2. The molecule has 0 radical (unpaired) electrons. The number of amides is 1. The Morgan fingerprint density at radius 3 is 2.80 bits per heavy atom. The molecule has 0 aromatic carbocycles. The van der Waals surface area contributed by atoms with E-state index in [4.69, 9.17) is 10.8 Å². The predicted octanol–water partition coefficient (Wildman–Crippen LogP) is 0.511. The van der Waals surface area contributed by atoms with Crippen LogP contribution in [0, 0.1) is 0 Å². The second-order valence-corrected chi connectivity index (χ2v) is 3.55. The van der Waals surface area contributed by atoms with Crippen LogP contribution in [0.1, 0.15) is 26.2 Å². The molecule has 4 nitrogen and oxygen atoms in total. The summed E-state index contributed by atoms with van der Waals surface area (Å²) < 4.78 is 0. The van der Waals surface area contributed by atoms with Gasteiger partial charge < -0.3 is 15.7 Å². The highest BCUT2D eigenvalue weighted by Gasteiger charge is 2.18. The van der Waals surface area contributed by atoms with Crippen LogP contribution in [0.15, 0.2) is 12.7 Å². The summed E-state index contributed by atoms with van der Waals surface area (Å²) in [6.45, 7) is 6.36. The first-order chi connectivity index (χ1) is 7.17. The molecule has 1 amide bonds. The zero-order chi connectivity index (χ0) is 11.7. The molecular weight excluding hydrogens is 192 g/mol. The molecule has 0 aromatic heterocycles. The van der Waals surface area contributed by atoms with Gasteiger partial charge in [0.05, 0.1) is 12.6 Å². The van der Waals surface area contributed by atoms with Gasteiger partial charge in [-0.15, -0.1) is 6.58 Å². The van der Waals surface area contributed by atoms with Gasteiger partial charge in [-0.2, -0.15) is 0 Å². The van der Waals surface area contributed by atoms with Crippen molar-refractivity contribution in [2.24, 2.45) is 5.73 Å². The van der Waals surface area contributed by atoms with E-state index in [1.54, 1.807) is 6.08 Å². The van der Waals surface area contributed by atoms with Gasteiger partial charge in [0.15, 0.2) is 0 Å². The molecule has 3 N–H and O–H groups in total. The van der Waals surface area contributed by atoms with E-state index in [1.165, 1.54) is 4.90 Å². The van der Waals surface area contributed by atoms with Gasteiger partial charge in [0.2, 0.25) is 5.91 Å². The fourth-order valence-electron chi connectivity index (χ4n) is 1.35. The average molecular weight is 214 g/mol. The van der Waals surface area contributed by atoms with E-state index in [1.807, 2.05) is 0 Å². The lowest BCUT2D eigenvalue weighted by Crippen LogP contribution is -2.45. The number of rotatable bonds is 8. The smallest absolute Gasteiger partial charge is 0.239 e. The van der Waals surface area contributed by atoms with Crippen LogP contribution in [0.2, 0.25) is 0 Å². The third kappa shape index (κ3) is 5.54. The zero-order valence-electron chi connectivity index (χ0n) is 9.48. The van der Waals surface area contributed by atoms with Crippen LogP contribution in [-0.4, -0.2) is 41.7 Å². The van der Waals surface area contributed by atoms with E-state index in [0.717, 1.165) is 12.8 Å². The number of carbonyl (C=O) groups is 1. The molecule has 88 valence electrons. The third-order valence-corrected chi connectivity index (χ3v) is 2.22. The van der Waals surface area contributed by atoms with Crippen molar-refractivity contribution in [1.82, 2.24) is 4.90 Å². The lowest BCUT2D eigenvalue weighted by atomic mass is 10.1. The Kier molecular flexibility index (Phi) is 7.95. The highest BCUT2D eigenvalue weighted by atomic mass is 16.3. The zero-order valence-corrected chi connectivity index (χ0v) is 9.48. The highest BCUT2D eigenvalue weighted by molar-refractivity contribution is 5.81. The van der Waals surface area contributed by atoms with Crippen molar-refractivity contribution < 1.29 is 9.90 Å². The normalized spacial score (nSPS) is 12.2. The summed E-state index contributed by atoms with van der Waals surface area (Å²) >= 11 is 0. The van der Waals surface area contributed by atoms with Crippen LogP contribution < -0.4 is 5.73 Å².